The van der Waals surface area contributed by atoms with Gasteiger partial charge in [0, 0.05) is 32.7 Å². The Hall–Kier alpha value is -0.370. The van der Waals surface area contributed by atoms with E-state index in [0.29, 0.717) is 19.8 Å². The van der Waals surface area contributed by atoms with Gasteiger partial charge in [-0.1, -0.05) is 0 Å². The average molecular weight is 270 g/mol. The zero-order chi connectivity index (χ0) is 13.6. The molecule has 0 spiro atoms. The second-order valence-electron chi connectivity index (χ2n) is 4.69. The maximum absolute atomic E-state index is 12.0. The normalized spacial score (nSPS) is 20.3. The highest BCUT2D eigenvalue weighted by Crippen LogP contribution is 2.19. The molecule has 0 bridgehead atoms. The summed E-state index contributed by atoms with van der Waals surface area (Å²) in [5.41, 5.74) is 0. The number of nitrogens with zero attached hydrogens (tertiary/aromatic N) is 2. The Kier molecular flexibility index (Phi) is 6.34. The van der Waals surface area contributed by atoms with Crippen LogP contribution in [0.25, 0.3) is 0 Å². The van der Waals surface area contributed by atoms with Crippen LogP contribution in [0.15, 0.2) is 0 Å². The summed E-state index contributed by atoms with van der Waals surface area (Å²) in [7, 11) is 1.59. The number of ether oxygens (including phenoxy) is 1. The number of alkyl halides is 3. The van der Waals surface area contributed by atoms with E-state index in [2.05, 4.69) is 4.90 Å². The highest BCUT2D eigenvalue weighted by Gasteiger charge is 2.27. The monoisotopic (exact) mass is 270 g/mol. The van der Waals surface area contributed by atoms with E-state index in [1.165, 1.54) is 4.90 Å². The molecule has 0 amide bonds. The fourth-order valence-electron chi connectivity index (χ4n) is 1.91. The number of hydrogen-bond acceptors (Lipinski definition) is 4. The van der Waals surface area contributed by atoms with Gasteiger partial charge in [-0.15, -0.1) is 0 Å². The van der Waals surface area contributed by atoms with Crippen LogP contribution in [0.3, 0.4) is 0 Å². The van der Waals surface area contributed by atoms with Crippen molar-refractivity contribution < 1.29 is 23.0 Å². The van der Waals surface area contributed by atoms with E-state index in [0.717, 1.165) is 13.1 Å². The molecule has 0 saturated carbocycles. The van der Waals surface area contributed by atoms with Crippen molar-refractivity contribution >= 4 is 0 Å². The second-order valence-corrected chi connectivity index (χ2v) is 4.69. The van der Waals surface area contributed by atoms with E-state index in [9.17, 15) is 18.3 Å². The van der Waals surface area contributed by atoms with Crippen LogP contribution in [0.2, 0.25) is 0 Å². The number of hydrogen-bond donors (Lipinski definition) is 1. The third kappa shape index (κ3) is 7.15. The van der Waals surface area contributed by atoms with Crippen molar-refractivity contribution in [3.05, 3.63) is 0 Å². The molecular weight excluding hydrogens is 249 g/mol. The molecule has 0 aromatic heterocycles. The molecule has 4 nitrogen and oxygen atoms in total. The van der Waals surface area contributed by atoms with Gasteiger partial charge in [0.05, 0.1) is 25.7 Å². The van der Waals surface area contributed by atoms with Gasteiger partial charge in [0.2, 0.25) is 0 Å². The molecule has 1 saturated heterocycles. The van der Waals surface area contributed by atoms with E-state index in [-0.39, 0.29) is 13.1 Å². The molecular formula is C11H21F3N2O2. The number of morpholine rings is 1. The molecule has 1 rings (SSSR count). The van der Waals surface area contributed by atoms with Crippen LogP contribution in [0, 0.1) is 0 Å². The van der Waals surface area contributed by atoms with Crippen LogP contribution in [0.4, 0.5) is 13.2 Å². The summed E-state index contributed by atoms with van der Waals surface area (Å²) in [4.78, 5) is 3.57. The molecule has 1 aliphatic rings. The van der Waals surface area contributed by atoms with Crippen molar-refractivity contribution in [1.82, 2.24) is 9.80 Å². The highest BCUT2D eigenvalue weighted by molar-refractivity contribution is 4.70. The van der Waals surface area contributed by atoms with Gasteiger partial charge >= 0.3 is 6.18 Å². The minimum Gasteiger partial charge on any atom is -0.390 e. The van der Waals surface area contributed by atoms with Crippen molar-refractivity contribution in [2.24, 2.45) is 0 Å². The first-order valence-corrected chi connectivity index (χ1v) is 6.10. The number of likely N-dealkylation sites (N-methyl/N-ethyl adjacent to an activating group) is 1. The predicted molar refractivity (Wildman–Crippen MR) is 61.4 cm³/mol. The maximum atomic E-state index is 12.0. The van der Waals surface area contributed by atoms with Gasteiger partial charge in [0.25, 0.3) is 0 Å². The Morgan fingerprint density at radius 2 is 1.94 bits per heavy atom. The third-order valence-electron chi connectivity index (χ3n) is 2.87. The van der Waals surface area contributed by atoms with Gasteiger partial charge in [-0.25, -0.2) is 0 Å². The molecule has 108 valence electrons. The lowest BCUT2D eigenvalue weighted by molar-refractivity contribution is -0.138. The number of aliphatic hydroxyl groups excluding tert-OH is 1. The fourth-order valence-corrected chi connectivity index (χ4v) is 1.91. The maximum Gasteiger partial charge on any atom is 0.390 e. The topological polar surface area (TPSA) is 35.9 Å². The largest absolute Gasteiger partial charge is 0.390 e. The van der Waals surface area contributed by atoms with E-state index in [4.69, 9.17) is 4.74 Å². The van der Waals surface area contributed by atoms with Gasteiger partial charge in [0.15, 0.2) is 0 Å². The van der Waals surface area contributed by atoms with Crippen LogP contribution < -0.4 is 0 Å². The summed E-state index contributed by atoms with van der Waals surface area (Å²) in [5, 5.41) is 9.80. The molecule has 1 fully saturated rings. The first-order chi connectivity index (χ1) is 8.37. The molecule has 18 heavy (non-hydrogen) atoms. The third-order valence-corrected chi connectivity index (χ3v) is 2.87. The van der Waals surface area contributed by atoms with Crippen LogP contribution in [-0.2, 0) is 4.74 Å². The summed E-state index contributed by atoms with van der Waals surface area (Å²) < 4.78 is 41.2. The van der Waals surface area contributed by atoms with Crippen molar-refractivity contribution in [3.8, 4) is 0 Å². The zero-order valence-electron chi connectivity index (χ0n) is 10.6. The Labute approximate surface area is 105 Å². The van der Waals surface area contributed by atoms with Gasteiger partial charge < -0.3 is 14.7 Å². The minimum atomic E-state index is -4.14. The summed E-state index contributed by atoms with van der Waals surface area (Å²) in [6.45, 7) is 3.50. The molecule has 0 aromatic rings. The second kappa shape index (κ2) is 7.28. The average Bonchev–Trinajstić information content (AvgIpc) is 2.26. The minimum absolute atomic E-state index is 0.0797. The molecule has 0 radical (unpaired) electrons. The van der Waals surface area contributed by atoms with E-state index in [1.54, 1.807) is 7.05 Å². The Morgan fingerprint density at radius 3 is 2.50 bits per heavy atom. The lowest BCUT2D eigenvalue weighted by atomic mass is 10.2. The molecule has 7 heteroatoms. The number of aliphatic hydroxyl groups is 1. The number of β-amino-alcohol motifs (C(OH)–C–C–N with tert-alkyl or cyclic N) is 1. The first-order valence-electron chi connectivity index (χ1n) is 6.10. The van der Waals surface area contributed by atoms with Crippen molar-refractivity contribution in [2.75, 3.05) is 53.0 Å². The number of halogens is 3. The van der Waals surface area contributed by atoms with Gasteiger partial charge in [-0.2, -0.15) is 13.2 Å². The SMILES string of the molecule is CN(CCC(F)(F)F)CC(O)CN1CCOCC1. The van der Waals surface area contributed by atoms with Crippen LogP contribution in [-0.4, -0.2) is 80.2 Å². The predicted octanol–water partition coefficient (Wildman–Crippen LogP) is 0.564. The zero-order valence-corrected chi connectivity index (χ0v) is 10.6. The lowest BCUT2D eigenvalue weighted by Crippen LogP contribution is -2.44. The van der Waals surface area contributed by atoms with Crippen LogP contribution >= 0.6 is 0 Å². The quantitative estimate of drug-likeness (QED) is 0.765. The highest BCUT2D eigenvalue weighted by atomic mass is 19.4. The fraction of sp³-hybridized carbons (Fsp3) is 1.00. The summed E-state index contributed by atoms with van der Waals surface area (Å²) in [6, 6.07) is 0. The molecule has 1 unspecified atom stereocenters. The Morgan fingerprint density at radius 1 is 1.33 bits per heavy atom. The number of rotatable bonds is 6. The molecule has 0 aliphatic carbocycles. The van der Waals surface area contributed by atoms with Gasteiger partial charge in [-0.05, 0) is 7.05 Å². The van der Waals surface area contributed by atoms with Crippen molar-refractivity contribution in [2.45, 2.75) is 18.7 Å². The molecule has 1 atom stereocenters. The Balaban J connectivity index is 2.16. The van der Waals surface area contributed by atoms with Crippen LogP contribution in [0.1, 0.15) is 6.42 Å². The van der Waals surface area contributed by atoms with Crippen LogP contribution in [0.5, 0.6) is 0 Å². The summed E-state index contributed by atoms with van der Waals surface area (Å²) in [5.74, 6) is 0. The standard InChI is InChI=1S/C11H21F3N2O2/c1-15(3-2-11(12,13)14)8-10(17)9-16-4-6-18-7-5-16/h10,17H,2-9H2,1H3. The summed E-state index contributed by atoms with van der Waals surface area (Å²) >= 11 is 0. The Bertz CT molecular complexity index is 233. The first kappa shape index (κ1) is 15.7. The smallest absolute Gasteiger partial charge is 0.390 e. The van der Waals surface area contributed by atoms with E-state index >= 15 is 0 Å². The van der Waals surface area contributed by atoms with Gasteiger partial charge in [0.1, 0.15) is 0 Å². The molecule has 1 N–H and O–H groups in total. The van der Waals surface area contributed by atoms with Gasteiger partial charge in [-0.3, -0.25) is 4.90 Å². The van der Waals surface area contributed by atoms with Crippen molar-refractivity contribution in [3.63, 3.8) is 0 Å². The lowest BCUT2D eigenvalue weighted by Gasteiger charge is -2.30. The summed E-state index contributed by atoms with van der Waals surface area (Å²) in [6.07, 6.45) is -5.60. The van der Waals surface area contributed by atoms with Crippen molar-refractivity contribution in [1.29, 1.82) is 0 Å². The molecule has 0 aromatic carbocycles. The molecule has 1 heterocycles. The molecule has 1 aliphatic heterocycles. The van der Waals surface area contributed by atoms with E-state index in [1.807, 2.05) is 0 Å². The van der Waals surface area contributed by atoms with E-state index < -0.39 is 18.7 Å².